The Morgan fingerprint density at radius 2 is 2.11 bits per heavy atom. The van der Waals surface area contributed by atoms with Crippen molar-refractivity contribution in [1.29, 1.82) is 0 Å². The summed E-state index contributed by atoms with van der Waals surface area (Å²) in [6.07, 6.45) is 3.77. The fourth-order valence-electron chi connectivity index (χ4n) is 4.04. The molecule has 1 aromatic rings. The van der Waals surface area contributed by atoms with E-state index in [-0.39, 0.29) is 23.7 Å². The lowest BCUT2D eigenvalue weighted by atomic mass is 9.78. The molecule has 0 fully saturated rings. The fraction of sp³-hybridized carbons (Fsp3) is 0.500. The van der Waals surface area contributed by atoms with Gasteiger partial charge in [0.25, 0.3) is 11.8 Å². The van der Waals surface area contributed by atoms with Gasteiger partial charge < -0.3 is 25.0 Å². The predicted molar refractivity (Wildman–Crippen MR) is 98.7 cm³/mol. The van der Waals surface area contributed by atoms with Crippen LogP contribution >= 0.6 is 0 Å². The first kappa shape index (κ1) is 17.9. The Labute approximate surface area is 158 Å². The summed E-state index contributed by atoms with van der Waals surface area (Å²) in [6, 6.07) is 1.92. The SMILES string of the molecule is CC(O)C1C=C(C2CN(C)C(=O)c3[nH]ccc32)C2=C(C1)NC(=O)C(C)(C)O2. The normalized spacial score (nSPS) is 28.0. The number of likely N-dealkylation sites (N-methyl/N-ethyl adjacent to an activating group) is 1. The van der Waals surface area contributed by atoms with Crippen LogP contribution in [-0.2, 0) is 9.53 Å². The van der Waals surface area contributed by atoms with E-state index in [0.717, 1.165) is 11.1 Å². The van der Waals surface area contributed by atoms with E-state index in [9.17, 15) is 14.7 Å². The highest BCUT2D eigenvalue weighted by Crippen LogP contribution is 2.44. The summed E-state index contributed by atoms with van der Waals surface area (Å²) in [5.74, 6) is 0.212. The van der Waals surface area contributed by atoms with E-state index in [0.29, 0.717) is 30.1 Å². The highest BCUT2D eigenvalue weighted by atomic mass is 16.5. The van der Waals surface area contributed by atoms with Gasteiger partial charge in [-0.2, -0.15) is 0 Å². The predicted octanol–water partition coefficient (Wildman–Crippen LogP) is 1.65. The van der Waals surface area contributed by atoms with Crippen molar-refractivity contribution in [1.82, 2.24) is 15.2 Å². The van der Waals surface area contributed by atoms with Gasteiger partial charge in [0.05, 0.1) is 11.8 Å². The maximum absolute atomic E-state index is 12.4. The van der Waals surface area contributed by atoms with Gasteiger partial charge in [0.2, 0.25) is 0 Å². The second-order valence-electron chi connectivity index (χ2n) is 8.15. The largest absolute Gasteiger partial charge is 0.476 e. The van der Waals surface area contributed by atoms with Crippen LogP contribution < -0.4 is 5.32 Å². The van der Waals surface area contributed by atoms with E-state index in [4.69, 9.17) is 4.74 Å². The molecular formula is C20H25N3O4. The Hall–Kier alpha value is -2.54. The molecule has 3 aliphatic rings. The van der Waals surface area contributed by atoms with Crippen molar-refractivity contribution in [3.05, 3.63) is 46.6 Å². The molecule has 0 aromatic carbocycles. The van der Waals surface area contributed by atoms with Crippen LogP contribution in [0.25, 0.3) is 0 Å². The van der Waals surface area contributed by atoms with Crippen molar-refractivity contribution < 1.29 is 19.4 Å². The number of aromatic nitrogens is 1. The smallest absolute Gasteiger partial charge is 0.270 e. The van der Waals surface area contributed by atoms with Crippen molar-refractivity contribution in [2.24, 2.45) is 5.92 Å². The van der Waals surface area contributed by atoms with Gasteiger partial charge in [0, 0.05) is 43.6 Å². The molecule has 3 unspecified atom stereocenters. The number of fused-ring (bicyclic) bond motifs is 1. The van der Waals surface area contributed by atoms with Crippen LogP contribution in [0, 0.1) is 5.92 Å². The zero-order valence-corrected chi connectivity index (χ0v) is 16.0. The van der Waals surface area contributed by atoms with Gasteiger partial charge in [-0.15, -0.1) is 0 Å². The van der Waals surface area contributed by atoms with Crippen LogP contribution in [-0.4, -0.2) is 52.1 Å². The first-order chi connectivity index (χ1) is 12.7. The molecule has 7 heteroatoms. The highest BCUT2D eigenvalue weighted by Gasteiger charge is 2.43. The number of allylic oxidation sites excluding steroid dienone is 2. The standard InChI is InChI=1S/C20H25N3O4/c1-10(24)11-7-13(17-15(8-11)22-19(26)20(2,3)27-17)14-9-23(4)18(25)16-12(14)5-6-21-16/h5-7,10-11,14,21,24H,8-9H2,1-4H3,(H,22,26). The minimum atomic E-state index is -0.979. The summed E-state index contributed by atoms with van der Waals surface area (Å²) >= 11 is 0. The number of H-pyrrole nitrogens is 1. The Morgan fingerprint density at radius 3 is 2.81 bits per heavy atom. The Bertz CT molecular complexity index is 878. The second kappa shape index (κ2) is 5.99. The monoisotopic (exact) mass is 371 g/mol. The summed E-state index contributed by atoms with van der Waals surface area (Å²) in [6.45, 7) is 5.74. The lowest BCUT2D eigenvalue weighted by molar-refractivity contribution is -0.140. The average molecular weight is 371 g/mol. The number of aliphatic hydroxyl groups excluding tert-OH is 1. The second-order valence-corrected chi connectivity index (χ2v) is 8.15. The van der Waals surface area contributed by atoms with Gasteiger partial charge in [-0.05, 0) is 32.4 Å². The van der Waals surface area contributed by atoms with Crippen molar-refractivity contribution in [3.63, 3.8) is 0 Å². The number of hydrogen-bond donors (Lipinski definition) is 3. The lowest BCUT2D eigenvalue weighted by Crippen LogP contribution is -2.50. The number of carbonyl (C=O) groups excluding carboxylic acids is 2. The third kappa shape index (κ3) is 2.77. The summed E-state index contributed by atoms with van der Waals surface area (Å²) in [5, 5.41) is 13.2. The molecule has 2 amide bonds. The van der Waals surface area contributed by atoms with Crippen molar-refractivity contribution >= 4 is 11.8 Å². The maximum Gasteiger partial charge on any atom is 0.270 e. The van der Waals surface area contributed by atoms with Crippen molar-refractivity contribution in [2.75, 3.05) is 13.6 Å². The van der Waals surface area contributed by atoms with Crippen molar-refractivity contribution in [2.45, 2.75) is 44.8 Å². The molecule has 0 saturated carbocycles. The number of aromatic amines is 1. The Kier molecular flexibility index (Phi) is 3.96. The molecule has 3 heterocycles. The molecule has 7 nitrogen and oxygen atoms in total. The number of amides is 2. The fourth-order valence-corrected chi connectivity index (χ4v) is 4.04. The molecule has 0 radical (unpaired) electrons. The average Bonchev–Trinajstić information content (AvgIpc) is 3.08. The summed E-state index contributed by atoms with van der Waals surface area (Å²) in [4.78, 5) is 29.5. The zero-order valence-electron chi connectivity index (χ0n) is 16.0. The van der Waals surface area contributed by atoms with Crippen LogP contribution in [0.15, 0.2) is 35.4 Å². The molecular weight excluding hydrogens is 346 g/mol. The number of hydrogen-bond acceptors (Lipinski definition) is 4. The number of carbonyl (C=O) groups is 2. The zero-order chi connectivity index (χ0) is 19.5. The van der Waals surface area contributed by atoms with Crippen LogP contribution in [0.3, 0.4) is 0 Å². The summed E-state index contributed by atoms with van der Waals surface area (Å²) in [7, 11) is 1.78. The highest BCUT2D eigenvalue weighted by molar-refractivity contribution is 5.95. The van der Waals surface area contributed by atoms with E-state index in [1.165, 1.54) is 0 Å². The molecule has 0 bridgehead atoms. The lowest BCUT2D eigenvalue weighted by Gasteiger charge is -2.41. The molecule has 27 heavy (non-hydrogen) atoms. The van der Waals surface area contributed by atoms with Crippen LogP contribution in [0.4, 0.5) is 0 Å². The van der Waals surface area contributed by atoms with E-state index in [2.05, 4.69) is 10.3 Å². The van der Waals surface area contributed by atoms with Crippen LogP contribution in [0.1, 0.15) is 49.2 Å². The van der Waals surface area contributed by atoms with Gasteiger partial charge >= 0.3 is 0 Å². The summed E-state index contributed by atoms with van der Waals surface area (Å²) < 4.78 is 6.14. The van der Waals surface area contributed by atoms with E-state index in [1.807, 2.05) is 12.1 Å². The van der Waals surface area contributed by atoms with Gasteiger partial charge in [-0.1, -0.05) is 6.08 Å². The van der Waals surface area contributed by atoms with Crippen LogP contribution in [0.2, 0.25) is 0 Å². The first-order valence-electron chi connectivity index (χ1n) is 9.25. The minimum Gasteiger partial charge on any atom is -0.476 e. The van der Waals surface area contributed by atoms with Gasteiger partial charge in [-0.25, -0.2) is 0 Å². The third-order valence-electron chi connectivity index (χ3n) is 5.70. The Balaban J connectivity index is 1.83. The molecule has 0 saturated heterocycles. The topological polar surface area (TPSA) is 94.7 Å². The number of nitrogens with one attached hydrogen (secondary N) is 2. The number of aliphatic hydroxyl groups is 1. The third-order valence-corrected chi connectivity index (χ3v) is 5.70. The molecule has 3 atom stereocenters. The van der Waals surface area contributed by atoms with Crippen LogP contribution in [0.5, 0.6) is 0 Å². The maximum atomic E-state index is 12.4. The number of nitrogens with zero attached hydrogens (tertiary/aromatic N) is 1. The molecule has 1 aliphatic carbocycles. The molecule has 4 rings (SSSR count). The number of ether oxygens (including phenoxy) is 1. The molecule has 1 aromatic heterocycles. The quantitative estimate of drug-likeness (QED) is 0.737. The van der Waals surface area contributed by atoms with Gasteiger partial charge in [-0.3, -0.25) is 9.59 Å². The minimum absolute atomic E-state index is 0.0397. The Morgan fingerprint density at radius 1 is 1.37 bits per heavy atom. The molecule has 3 N–H and O–H groups in total. The summed E-state index contributed by atoms with van der Waals surface area (Å²) in [5.41, 5.74) is 2.14. The van der Waals surface area contributed by atoms with Gasteiger partial charge in [0.15, 0.2) is 5.60 Å². The molecule has 144 valence electrons. The van der Waals surface area contributed by atoms with Gasteiger partial charge in [0.1, 0.15) is 11.5 Å². The van der Waals surface area contributed by atoms with E-state index >= 15 is 0 Å². The van der Waals surface area contributed by atoms with E-state index in [1.54, 1.807) is 38.9 Å². The van der Waals surface area contributed by atoms with Crippen molar-refractivity contribution in [3.8, 4) is 0 Å². The molecule has 2 aliphatic heterocycles. The molecule has 0 spiro atoms. The van der Waals surface area contributed by atoms with E-state index < -0.39 is 11.7 Å². The first-order valence-corrected chi connectivity index (χ1v) is 9.25. The number of rotatable bonds is 2.